The number of carbonyl (C=O) groups excluding carboxylic acids is 1. The zero-order valence-corrected chi connectivity index (χ0v) is 15.4. The average molecular weight is 338 g/mol. The SMILES string of the molecule is CSc1nccnc1CN1CCN(C(=O)OC(C)(C)C)C(C)C1. The minimum Gasteiger partial charge on any atom is -0.444 e. The van der Waals surface area contributed by atoms with Crippen LogP contribution in [0, 0.1) is 0 Å². The molecule has 2 rings (SSSR count). The first-order valence-corrected chi connectivity index (χ1v) is 9.08. The summed E-state index contributed by atoms with van der Waals surface area (Å²) in [6.45, 7) is 10.8. The molecule has 1 atom stereocenters. The van der Waals surface area contributed by atoms with E-state index in [4.69, 9.17) is 4.74 Å². The number of nitrogens with zero attached hydrogens (tertiary/aromatic N) is 4. The van der Waals surface area contributed by atoms with Gasteiger partial charge in [0, 0.05) is 44.6 Å². The molecule has 1 aromatic heterocycles. The van der Waals surface area contributed by atoms with Crippen LogP contribution < -0.4 is 0 Å². The first kappa shape index (κ1) is 18.0. The summed E-state index contributed by atoms with van der Waals surface area (Å²) in [4.78, 5) is 25.2. The summed E-state index contributed by atoms with van der Waals surface area (Å²) in [6.07, 6.45) is 5.23. The van der Waals surface area contributed by atoms with E-state index in [1.165, 1.54) is 0 Å². The Hall–Kier alpha value is -1.34. The molecule has 1 unspecified atom stereocenters. The van der Waals surface area contributed by atoms with Gasteiger partial charge in [-0.05, 0) is 34.0 Å². The Morgan fingerprint density at radius 2 is 2.04 bits per heavy atom. The van der Waals surface area contributed by atoms with Gasteiger partial charge >= 0.3 is 6.09 Å². The third-order valence-electron chi connectivity index (χ3n) is 3.64. The van der Waals surface area contributed by atoms with Gasteiger partial charge in [-0.2, -0.15) is 0 Å². The van der Waals surface area contributed by atoms with E-state index in [2.05, 4.69) is 21.8 Å². The van der Waals surface area contributed by atoms with E-state index >= 15 is 0 Å². The number of ether oxygens (including phenoxy) is 1. The van der Waals surface area contributed by atoms with Gasteiger partial charge in [-0.25, -0.2) is 9.78 Å². The maximum atomic E-state index is 12.2. The summed E-state index contributed by atoms with van der Waals surface area (Å²) in [6, 6.07) is 0.119. The Kier molecular flexibility index (Phi) is 5.86. The minimum absolute atomic E-state index is 0.119. The van der Waals surface area contributed by atoms with Crippen LogP contribution in [0.4, 0.5) is 4.79 Å². The van der Waals surface area contributed by atoms with Gasteiger partial charge in [-0.1, -0.05) is 0 Å². The van der Waals surface area contributed by atoms with Gasteiger partial charge in [0.25, 0.3) is 0 Å². The van der Waals surface area contributed by atoms with E-state index in [1.807, 2.05) is 31.9 Å². The molecule has 0 spiro atoms. The van der Waals surface area contributed by atoms with E-state index in [1.54, 1.807) is 24.2 Å². The fourth-order valence-electron chi connectivity index (χ4n) is 2.61. The predicted molar refractivity (Wildman–Crippen MR) is 91.5 cm³/mol. The second kappa shape index (κ2) is 7.49. The number of aromatic nitrogens is 2. The number of hydrogen-bond donors (Lipinski definition) is 0. The summed E-state index contributed by atoms with van der Waals surface area (Å²) in [5.74, 6) is 0. The number of piperazine rings is 1. The van der Waals surface area contributed by atoms with Crippen LogP contribution >= 0.6 is 11.8 Å². The smallest absolute Gasteiger partial charge is 0.410 e. The van der Waals surface area contributed by atoms with Crippen molar-refractivity contribution in [3.8, 4) is 0 Å². The lowest BCUT2D eigenvalue weighted by atomic mass is 10.2. The van der Waals surface area contributed by atoms with Crippen molar-refractivity contribution >= 4 is 17.9 Å². The molecule has 0 radical (unpaired) electrons. The first-order valence-electron chi connectivity index (χ1n) is 7.86. The maximum Gasteiger partial charge on any atom is 0.410 e. The van der Waals surface area contributed by atoms with Gasteiger partial charge in [-0.3, -0.25) is 9.88 Å². The van der Waals surface area contributed by atoms with E-state index in [0.29, 0.717) is 6.54 Å². The van der Waals surface area contributed by atoms with Crippen molar-refractivity contribution in [2.45, 2.75) is 50.9 Å². The van der Waals surface area contributed by atoms with Crippen molar-refractivity contribution in [1.29, 1.82) is 0 Å². The quantitative estimate of drug-likeness (QED) is 0.790. The Morgan fingerprint density at radius 3 is 2.65 bits per heavy atom. The molecule has 6 nitrogen and oxygen atoms in total. The molecule has 0 saturated carbocycles. The molecular formula is C16H26N4O2S. The molecule has 0 N–H and O–H groups in total. The normalized spacial score (nSPS) is 19.7. The highest BCUT2D eigenvalue weighted by Crippen LogP contribution is 2.20. The summed E-state index contributed by atoms with van der Waals surface area (Å²) in [7, 11) is 0. The van der Waals surface area contributed by atoms with Crippen molar-refractivity contribution < 1.29 is 9.53 Å². The lowest BCUT2D eigenvalue weighted by Crippen LogP contribution is -2.54. The molecule has 0 bridgehead atoms. The zero-order valence-electron chi connectivity index (χ0n) is 14.6. The third kappa shape index (κ3) is 5.07. The largest absolute Gasteiger partial charge is 0.444 e. The standard InChI is InChI=1S/C16H26N4O2S/c1-12-10-19(11-13-14(23-5)18-7-6-17-13)8-9-20(12)15(21)22-16(2,3)4/h6-7,12H,8-11H2,1-5H3. The van der Waals surface area contributed by atoms with Gasteiger partial charge < -0.3 is 9.64 Å². The summed E-state index contributed by atoms with van der Waals surface area (Å²) >= 11 is 1.61. The van der Waals surface area contributed by atoms with E-state index in [9.17, 15) is 4.79 Å². The van der Waals surface area contributed by atoms with Crippen LogP contribution in [-0.4, -0.2) is 63.4 Å². The van der Waals surface area contributed by atoms with Crippen LogP contribution in [-0.2, 0) is 11.3 Å². The molecule has 1 aromatic rings. The van der Waals surface area contributed by atoms with E-state index in [0.717, 1.165) is 30.4 Å². The lowest BCUT2D eigenvalue weighted by molar-refractivity contribution is 0.000329. The fraction of sp³-hybridized carbons (Fsp3) is 0.688. The second-order valence-corrected chi connectivity index (χ2v) is 7.57. The summed E-state index contributed by atoms with van der Waals surface area (Å²) in [5, 5.41) is 0.967. The number of thioether (sulfide) groups is 1. The van der Waals surface area contributed by atoms with Crippen molar-refractivity contribution in [3.05, 3.63) is 18.1 Å². The van der Waals surface area contributed by atoms with E-state index < -0.39 is 5.60 Å². The molecule has 1 saturated heterocycles. The van der Waals surface area contributed by atoms with Crippen LogP contribution in [0.1, 0.15) is 33.4 Å². The van der Waals surface area contributed by atoms with E-state index in [-0.39, 0.29) is 12.1 Å². The van der Waals surface area contributed by atoms with Crippen molar-refractivity contribution in [2.24, 2.45) is 0 Å². The minimum atomic E-state index is -0.458. The molecule has 128 valence electrons. The molecule has 1 aliphatic heterocycles. The molecular weight excluding hydrogens is 312 g/mol. The Balaban J connectivity index is 1.95. The van der Waals surface area contributed by atoms with Gasteiger partial charge in [0.15, 0.2) is 0 Å². The predicted octanol–water partition coefficient (Wildman–Crippen LogP) is 2.64. The fourth-order valence-corrected chi connectivity index (χ4v) is 3.13. The van der Waals surface area contributed by atoms with Crippen molar-refractivity contribution in [2.75, 3.05) is 25.9 Å². The number of carbonyl (C=O) groups is 1. The lowest BCUT2D eigenvalue weighted by Gasteiger charge is -2.40. The van der Waals surface area contributed by atoms with Crippen molar-refractivity contribution in [3.63, 3.8) is 0 Å². The van der Waals surface area contributed by atoms with Crippen LogP contribution in [0.25, 0.3) is 0 Å². The molecule has 1 amide bonds. The summed E-state index contributed by atoms with van der Waals surface area (Å²) in [5.41, 5.74) is 0.541. The van der Waals surface area contributed by atoms with Gasteiger partial charge in [0.1, 0.15) is 10.6 Å². The Bertz CT molecular complexity index is 547. The van der Waals surface area contributed by atoms with Crippen LogP contribution in [0.2, 0.25) is 0 Å². The molecule has 23 heavy (non-hydrogen) atoms. The Morgan fingerprint density at radius 1 is 1.35 bits per heavy atom. The van der Waals surface area contributed by atoms with Crippen LogP contribution in [0.15, 0.2) is 17.4 Å². The van der Waals surface area contributed by atoms with Gasteiger partial charge in [0.05, 0.1) is 5.69 Å². The third-order valence-corrected chi connectivity index (χ3v) is 4.37. The second-order valence-electron chi connectivity index (χ2n) is 6.77. The average Bonchev–Trinajstić information content (AvgIpc) is 2.46. The zero-order chi connectivity index (χ0) is 17.0. The maximum absolute atomic E-state index is 12.2. The molecule has 1 aliphatic rings. The van der Waals surface area contributed by atoms with Crippen LogP contribution in [0.3, 0.4) is 0 Å². The molecule has 2 heterocycles. The number of hydrogen-bond acceptors (Lipinski definition) is 6. The first-order chi connectivity index (χ1) is 10.8. The highest BCUT2D eigenvalue weighted by molar-refractivity contribution is 7.98. The molecule has 1 fully saturated rings. The monoisotopic (exact) mass is 338 g/mol. The topological polar surface area (TPSA) is 58.6 Å². The Labute approximate surface area is 142 Å². The highest BCUT2D eigenvalue weighted by Gasteiger charge is 2.31. The molecule has 0 aromatic carbocycles. The number of rotatable bonds is 3. The summed E-state index contributed by atoms with van der Waals surface area (Å²) < 4.78 is 5.48. The van der Waals surface area contributed by atoms with Gasteiger partial charge in [0.2, 0.25) is 0 Å². The van der Waals surface area contributed by atoms with Crippen LogP contribution in [0.5, 0.6) is 0 Å². The van der Waals surface area contributed by atoms with Gasteiger partial charge in [-0.15, -0.1) is 11.8 Å². The number of amides is 1. The van der Waals surface area contributed by atoms with Crippen molar-refractivity contribution in [1.82, 2.24) is 19.8 Å². The molecule has 0 aliphatic carbocycles. The molecule has 7 heteroatoms. The highest BCUT2D eigenvalue weighted by atomic mass is 32.2.